The lowest BCUT2D eigenvalue weighted by molar-refractivity contribution is -0.135. The van der Waals surface area contributed by atoms with Crippen molar-refractivity contribution in [3.8, 4) is 0 Å². The number of benzene rings is 1. The topological polar surface area (TPSA) is 57.7 Å². The monoisotopic (exact) mass is 310 g/mol. The molecule has 0 unspecified atom stereocenters. The molecule has 1 atom stereocenters. The Labute approximate surface area is 126 Å². The second-order valence-corrected chi connectivity index (χ2v) is 7.50. The van der Waals surface area contributed by atoms with E-state index >= 15 is 0 Å². The number of piperidine rings is 1. The zero-order valence-electron chi connectivity index (χ0n) is 12.5. The number of hydrogen-bond acceptors (Lipinski definition) is 3. The summed E-state index contributed by atoms with van der Waals surface area (Å²) < 4.78 is 25.0. The van der Waals surface area contributed by atoms with Crippen LogP contribution in [-0.4, -0.2) is 49.4 Å². The van der Waals surface area contributed by atoms with Crippen LogP contribution in [0.25, 0.3) is 0 Å². The molecule has 1 aromatic rings. The van der Waals surface area contributed by atoms with Gasteiger partial charge in [0.2, 0.25) is 15.9 Å². The highest BCUT2D eigenvalue weighted by atomic mass is 32.2. The number of hydrogen-bond donors (Lipinski definition) is 0. The Bertz CT molecular complexity index is 586. The summed E-state index contributed by atoms with van der Waals surface area (Å²) in [7, 11) is -1.61. The zero-order chi connectivity index (χ0) is 15.5. The molecule has 0 aliphatic carbocycles. The van der Waals surface area contributed by atoms with Crippen molar-refractivity contribution in [1.82, 2.24) is 9.21 Å². The van der Waals surface area contributed by atoms with E-state index < -0.39 is 16.1 Å². The van der Waals surface area contributed by atoms with Gasteiger partial charge in [-0.2, -0.15) is 4.31 Å². The summed E-state index contributed by atoms with van der Waals surface area (Å²) in [5.74, 6) is -0.121. The van der Waals surface area contributed by atoms with Crippen LogP contribution in [0.15, 0.2) is 30.3 Å². The average Bonchev–Trinajstić information content (AvgIpc) is 2.46. The molecule has 0 radical (unpaired) electrons. The number of amides is 1. The van der Waals surface area contributed by atoms with E-state index in [9.17, 15) is 13.2 Å². The van der Waals surface area contributed by atoms with Crippen molar-refractivity contribution in [1.29, 1.82) is 0 Å². The summed E-state index contributed by atoms with van der Waals surface area (Å²) in [5.41, 5.74) is 1.04. The molecular weight excluding hydrogens is 288 g/mol. The first kappa shape index (κ1) is 16.0. The average molecular weight is 310 g/mol. The van der Waals surface area contributed by atoms with Crippen LogP contribution in [0, 0.1) is 0 Å². The van der Waals surface area contributed by atoms with Gasteiger partial charge in [-0.15, -0.1) is 0 Å². The molecule has 5 nitrogen and oxygen atoms in total. The summed E-state index contributed by atoms with van der Waals surface area (Å²) in [4.78, 5) is 14.2. The van der Waals surface area contributed by atoms with Crippen molar-refractivity contribution in [2.75, 3.05) is 19.8 Å². The minimum atomic E-state index is -3.34. The van der Waals surface area contributed by atoms with Gasteiger partial charge in [0.05, 0.1) is 6.26 Å². The van der Waals surface area contributed by atoms with Gasteiger partial charge in [0.1, 0.15) is 6.04 Å². The lowest BCUT2D eigenvalue weighted by atomic mass is 10.0. The van der Waals surface area contributed by atoms with Gasteiger partial charge < -0.3 is 4.90 Å². The molecule has 21 heavy (non-hydrogen) atoms. The molecule has 1 aliphatic heterocycles. The van der Waals surface area contributed by atoms with Crippen molar-refractivity contribution in [3.63, 3.8) is 0 Å². The van der Waals surface area contributed by atoms with Gasteiger partial charge in [-0.1, -0.05) is 36.8 Å². The Hall–Kier alpha value is -1.40. The Morgan fingerprint density at radius 3 is 2.57 bits per heavy atom. The zero-order valence-corrected chi connectivity index (χ0v) is 13.3. The first-order valence-corrected chi connectivity index (χ1v) is 9.00. The maximum atomic E-state index is 12.6. The Morgan fingerprint density at radius 2 is 1.95 bits per heavy atom. The fraction of sp³-hybridized carbons (Fsp3) is 0.533. The summed E-state index contributed by atoms with van der Waals surface area (Å²) in [6, 6.07) is 9.15. The fourth-order valence-electron chi connectivity index (χ4n) is 2.74. The lowest BCUT2D eigenvalue weighted by Gasteiger charge is -2.35. The largest absolute Gasteiger partial charge is 0.340 e. The fourth-order valence-corrected chi connectivity index (χ4v) is 3.86. The summed E-state index contributed by atoms with van der Waals surface area (Å²) in [6.07, 6.45) is 3.49. The molecule has 0 saturated carbocycles. The molecule has 1 fully saturated rings. The normalized spacial score (nSPS) is 20.2. The molecule has 1 aromatic carbocycles. The lowest BCUT2D eigenvalue weighted by Crippen LogP contribution is -2.51. The molecule has 0 bridgehead atoms. The maximum Gasteiger partial charge on any atom is 0.241 e. The highest BCUT2D eigenvalue weighted by Crippen LogP contribution is 2.21. The van der Waals surface area contributed by atoms with Crippen LogP contribution in [-0.2, 0) is 21.4 Å². The van der Waals surface area contributed by atoms with Crippen LogP contribution < -0.4 is 0 Å². The Kier molecular flexibility index (Phi) is 5.00. The van der Waals surface area contributed by atoms with Crippen molar-refractivity contribution >= 4 is 15.9 Å². The SMILES string of the molecule is CN(Cc1ccccc1)C(=O)[C@@H]1CCCCN1S(C)(=O)=O. The molecule has 2 rings (SSSR count). The molecule has 6 heteroatoms. The van der Waals surface area contributed by atoms with Crippen LogP contribution >= 0.6 is 0 Å². The molecule has 0 spiro atoms. The van der Waals surface area contributed by atoms with Crippen molar-refractivity contribution < 1.29 is 13.2 Å². The van der Waals surface area contributed by atoms with Gasteiger partial charge in [-0.05, 0) is 18.4 Å². The van der Waals surface area contributed by atoms with Crippen molar-refractivity contribution in [3.05, 3.63) is 35.9 Å². The van der Waals surface area contributed by atoms with Gasteiger partial charge in [-0.25, -0.2) is 8.42 Å². The number of sulfonamides is 1. The van der Waals surface area contributed by atoms with Crippen molar-refractivity contribution in [2.24, 2.45) is 0 Å². The highest BCUT2D eigenvalue weighted by Gasteiger charge is 2.35. The quantitative estimate of drug-likeness (QED) is 0.846. The van der Waals surface area contributed by atoms with E-state index in [2.05, 4.69) is 0 Å². The number of nitrogens with zero attached hydrogens (tertiary/aromatic N) is 2. The smallest absolute Gasteiger partial charge is 0.241 e. The number of carbonyl (C=O) groups excluding carboxylic acids is 1. The van der Waals surface area contributed by atoms with E-state index in [-0.39, 0.29) is 5.91 Å². The molecule has 0 aromatic heterocycles. The van der Waals surface area contributed by atoms with Gasteiger partial charge in [0, 0.05) is 20.1 Å². The Balaban J connectivity index is 2.10. The van der Waals surface area contributed by atoms with Gasteiger partial charge in [-0.3, -0.25) is 4.79 Å². The molecule has 116 valence electrons. The summed E-state index contributed by atoms with van der Waals surface area (Å²) >= 11 is 0. The molecular formula is C15H22N2O3S. The predicted molar refractivity (Wildman–Crippen MR) is 82.1 cm³/mol. The van der Waals surface area contributed by atoms with E-state index in [1.54, 1.807) is 11.9 Å². The van der Waals surface area contributed by atoms with Crippen LogP contribution in [0.5, 0.6) is 0 Å². The van der Waals surface area contributed by atoms with E-state index in [0.29, 0.717) is 19.5 Å². The molecule has 1 amide bonds. The van der Waals surface area contributed by atoms with Crippen LogP contribution in [0.1, 0.15) is 24.8 Å². The molecule has 1 aliphatic rings. The van der Waals surface area contributed by atoms with Gasteiger partial charge in [0.15, 0.2) is 0 Å². The number of carbonyl (C=O) groups is 1. The molecule has 1 saturated heterocycles. The number of likely N-dealkylation sites (N-methyl/N-ethyl adjacent to an activating group) is 1. The second-order valence-electron chi connectivity index (χ2n) is 5.57. The summed E-state index contributed by atoms with van der Waals surface area (Å²) in [6.45, 7) is 0.933. The number of rotatable bonds is 4. The van der Waals surface area contributed by atoms with E-state index in [4.69, 9.17) is 0 Å². The van der Waals surface area contributed by atoms with Crippen molar-refractivity contribution in [2.45, 2.75) is 31.8 Å². The van der Waals surface area contributed by atoms with Crippen LogP contribution in [0.2, 0.25) is 0 Å². The third-order valence-electron chi connectivity index (χ3n) is 3.80. The second kappa shape index (κ2) is 6.58. The van der Waals surface area contributed by atoms with E-state index in [0.717, 1.165) is 18.4 Å². The first-order valence-electron chi connectivity index (χ1n) is 7.15. The molecule has 0 N–H and O–H groups in total. The third-order valence-corrected chi connectivity index (χ3v) is 5.09. The van der Waals surface area contributed by atoms with E-state index in [1.165, 1.54) is 10.6 Å². The van der Waals surface area contributed by atoms with E-state index in [1.807, 2.05) is 30.3 Å². The molecule has 1 heterocycles. The Morgan fingerprint density at radius 1 is 1.29 bits per heavy atom. The van der Waals surface area contributed by atoms with Crippen LogP contribution in [0.3, 0.4) is 0 Å². The third kappa shape index (κ3) is 4.04. The maximum absolute atomic E-state index is 12.6. The minimum absolute atomic E-state index is 0.121. The summed E-state index contributed by atoms with van der Waals surface area (Å²) in [5, 5.41) is 0. The van der Waals surface area contributed by atoms with Crippen LogP contribution in [0.4, 0.5) is 0 Å². The van der Waals surface area contributed by atoms with Gasteiger partial charge >= 0.3 is 0 Å². The standard InChI is InChI=1S/C15H22N2O3S/c1-16(12-13-8-4-3-5-9-13)15(18)14-10-6-7-11-17(14)21(2,19)20/h3-5,8-9,14H,6-7,10-12H2,1-2H3/t14-/m0/s1. The predicted octanol–water partition coefficient (Wildman–Crippen LogP) is 1.46. The first-order chi connectivity index (χ1) is 9.89. The highest BCUT2D eigenvalue weighted by molar-refractivity contribution is 7.88. The van der Waals surface area contributed by atoms with Gasteiger partial charge in [0.25, 0.3) is 0 Å². The minimum Gasteiger partial charge on any atom is -0.340 e.